The zero-order valence-electron chi connectivity index (χ0n) is 18.3. The fraction of sp³-hybridized carbons (Fsp3) is 0.200. The van der Waals surface area contributed by atoms with Crippen LogP contribution in [0.5, 0.6) is 0 Å². The van der Waals surface area contributed by atoms with Gasteiger partial charge in [-0.2, -0.15) is 5.10 Å². The molecule has 0 spiro atoms. The molecular formula is C25H23N7O. The lowest BCUT2D eigenvalue weighted by molar-refractivity contribution is 0.433. The van der Waals surface area contributed by atoms with Crippen molar-refractivity contribution in [3.8, 4) is 5.69 Å². The third-order valence-corrected chi connectivity index (χ3v) is 6.66. The van der Waals surface area contributed by atoms with Crippen LogP contribution < -0.4 is 10.5 Å². The molecular weight excluding hydrogens is 414 g/mol. The lowest BCUT2D eigenvalue weighted by Crippen LogP contribution is -2.45. The maximum atomic E-state index is 13.7. The van der Waals surface area contributed by atoms with E-state index in [0.29, 0.717) is 11.3 Å². The highest BCUT2D eigenvalue weighted by Gasteiger charge is 2.44. The first-order chi connectivity index (χ1) is 16.1. The van der Waals surface area contributed by atoms with E-state index in [0.717, 1.165) is 47.5 Å². The molecule has 1 fully saturated rings. The number of para-hydroxylation sites is 1. The molecule has 33 heavy (non-hydrogen) atoms. The fourth-order valence-electron chi connectivity index (χ4n) is 5.02. The van der Waals surface area contributed by atoms with Gasteiger partial charge in [-0.1, -0.05) is 30.9 Å². The minimum atomic E-state index is -0.565. The molecule has 0 amide bonds. The molecule has 6 rings (SSSR count). The average molecular weight is 438 g/mol. The summed E-state index contributed by atoms with van der Waals surface area (Å²) in [6.45, 7) is 6.89. The van der Waals surface area contributed by atoms with Crippen LogP contribution in [0.2, 0.25) is 0 Å². The van der Waals surface area contributed by atoms with Gasteiger partial charge in [0.2, 0.25) is 0 Å². The Balaban J connectivity index is 1.64. The average Bonchev–Trinajstić information content (AvgIpc) is 3.57. The zero-order chi connectivity index (χ0) is 22.6. The van der Waals surface area contributed by atoms with Gasteiger partial charge in [0.25, 0.3) is 5.56 Å². The normalized spacial score (nSPS) is 18.4. The summed E-state index contributed by atoms with van der Waals surface area (Å²) in [5, 5.41) is 5.91. The van der Waals surface area contributed by atoms with Crippen molar-refractivity contribution in [2.24, 2.45) is 0 Å². The van der Waals surface area contributed by atoms with E-state index < -0.39 is 5.54 Å². The van der Waals surface area contributed by atoms with Gasteiger partial charge in [-0.15, -0.1) is 0 Å². The lowest BCUT2D eigenvalue weighted by Gasteiger charge is -2.37. The topological polar surface area (TPSA) is 84.1 Å². The van der Waals surface area contributed by atoms with Gasteiger partial charge in [0.15, 0.2) is 5.82 Å². The van der Waals surface area contributed by atoms with Gasteiger partial charge in [0.05, 0.1) is 16.6 Å². The molecule has 5 aromatic rings. The number of fused-ring (bicyclic) bond motifs is 2. The molecule has 1 aromatic carbocycles. The summed E-state index contributed by atoms with van der Waals surface area (Å²) in [6.07, 6.45) is 8.88. The molecule has 5 heterocycles. The van der Waals surface area contributed by atoms with Gasteiger partial charge in [0.1, 0.15) is 23.3 Å². The molecule has 0 aliphatic carbocycles. The van der Waals surface area contributed by atoms with E-state index >= 15 is 0 Å². The van der Waals surface area contributed by atoms with Gasteiger partial charge in [-0.25, -0.2) is 14.5 Å². The fourth-order valence-corrected chi connectivity index (χ4v) is 5.02. The maximum absolute atomic E-state index is 13.7. The SMILES string of the molecule is C=Cc1c[nH]c2ncnc(N3CCC[C@@]3(C)c3nn4cccc4c(=O)n3-c3ccccc3)c12. The summed E-state index contributed by atoms with van der Waals surface area (Å²) < 4.78 is 3.43. The van der Waals surface area contributed by atoms with Gasteiger partial charge in [0, 0.05) is 24.5 Å². The summed E-state index contributed by atoms with van der Waals surface area (Å²) in [6, 6.07) is 13.4. The van der Waals surface area contributed by atoms with E-state index in [2.05, 4.69) is 28.4 Å². The van der Waals surface area contributed by atoms with E-state index in [1.807, 2.05) is 54.9 Å². The predicted octanol–water partition coefficient (Wildman–Crippen LogP) is 3.92. The molecule has 0 saturated carbocycles. The van der Waals surface area contributed by atoms with Crippen molar-refractivity contribution in [3.63, 3.8) is 0 Å². The second-order valence-corrected chi connectivity index (χ2v) is 8.54. The molecule has 1 aliphatic rings. The Hall–Kier alpha value is -4.20. The maximum Gasteiger partial charge on any atom is 0.282 e. The molecule has 1 N–H and O–H groups in total. The highest BCUT2D eigenvalue weighted by Crippen LogP contribution is 2.43. The number of H-pyrrole nitrogens is 1. The number of aromatic nitrogens is 6. The Morgan fingerprint density at radius 2 is 2.00 bits per heavy atom. The molecule has 8 nitrogen and oxygen atoms in total. The first-order valence-electron chi connectivity index (χ1n) is 11.0. The number of rotatable bonds is 4. The number of hydrogen-bond acceptors (Lipinski definition) is 5. The van der Waals surface area contributed by atoms with Crippen LogP contribution in [-0.4, -0.2) is 35.7 Å². The summed E-state index contributed by atoms with van der Waals surface area (Å²) in [4.78, 5) is 28.2. The standard InChI is InChI=1S/C25H23N7O/c1-3-17-15-26-21-20(17)22(28-16-27-21)30-13-8-12-25(30,2)24-29-31-14-7-11-19(31)23(33)32(24)18-9-5-4-6-10-18/h3-7,9-11,14-16H,1,8,12-13H2,2H3,(H,26,27,28)/t25-/m0/s1. The van der Waals surface area contributed by atoms with Crippen LogP contribution in [0, 0.1) is 0 Å². The monoisotopic (exact) mass is 437 g/mol. The van der Waals surface area contributed by atoms with Crippen molar-refractivity contribution >= 4 is 28.4 Å². The second kappa shape index (κ2) is 7.16. The van der Waals surface area contributed by atoms with Crippen molar-refractivity contribution in [2.45, 2.75) is 25.3 Å². The van der Waals surface area contributed by atoms with Crippen LogP contribution in [0.1, 0.15) is 31.2 Å². The van der Waals surface area contributed by atoms with Crippen LogP contribution >= 0.6 is 0 Å². The number of benzene rings is 1. The van der Waals surface area contributed by atoms with Crippen LogP contribution in [0.15, 0.2) is 72.6 Å². The van der Waals surface area contributed by atoms with Gasteiger partial charge >= 0.3 is 0 Å². The Kier molecular flexibility index (Phi) is 4.23. The van der Waals surface area contributed by atoms with Crippen molar-refractivity contribution in [3.05, 3.63) is 89.5 Å². The third-order valence-electron chi connectivity index (χ3n) is 6.66. The molecule has 8 heteroatoms. The molecule has 1 saturated heterocycles. The molecule has 0 unspecified atom stereocenters. The third kappa shape index (κ3) is 2.77. The Labute approximate surface area is 189 Å². The lowest BCUT2D eigenvalue weighted by atomic mass is 9.96. The Morgan fingerprint density at radius 1 is 1.15 bits per heavy atom. The number of nitrogens with one attached hydrogen (secondary N) is 1. The molecule has 0 radical (unpaired) electrons. The van der Waals surface area contributed by atoms with E-state index in [1.165, 1.54) is 0 Å². The van der Waals surface area contributed by atoms with E-state index in [9.17, 15) is 4.79 Å². The highest BCUT2D eigenvalue weighted by atomic mass is 16.1. The number of aromatic amines is 1. The minimum Gasteiger partial charge on any atom is -0.345 e. The molecule has 1 aliphatic heterocycles. The first kappa shape index (κ1) is 19.5. The Bertz CT molecular complexity index is 1560. The summed E-state index contributed by atoms with van der Waals surface area (Å²) in [7, 11) is 0. The van der Waals surface area contributed by atoms with Crippen molar-refractivity contribution in [2.75, 3.05) is 11.4 Å². The summed E-state index contributed by atoms with van der Waals surface area (Å²) in [5.41, 5.74) is 2.39. The molecule has 164 valence electrons. The molecule has 4 aromatic heterocycles. The molecule has 0 bridgehead atoms. The quantitative estimate of drug-likeness (QED) is 0.461. The summed E-state index contributed by atoms with van der Waals surface area (Å²) >= 11 is 0. The van der Waals surface area contributed by atoms with Gasteiger partial charge < -0.3 is 9.88 Å². The van der Waals surface area contributed by atoms with E-state index in [1.54, 1.807) is 21.5 Å². The van der Waals surface area contributed by atoms with Crippen LogP contribution in [0.3, 0.4) is 0 Å². The molecule has 1 atom stereocenters. The van der Waals surface area contributed by atoms with E-state index in [4.69, 9.17) is 10.1 Å². The first-order valence-corrected chi connectivity index (χ1v) is 11.0. The van der Waals surface area contributed by atoms with Crippen molar-refractivity contribution < 1.29 is 0 Å². The Morgan fingerprint density at radius 3 is 2.82 bits per heavy atom. The number of nitrogens with zero attached hydrogens (tertiary/aromatic N) is 6. The minimum absolute atomic E-state index is 0.0921. The van der Waals surface area contributed by atoms with Crippen LogP contribution in [-0.2, 0) is 5.54 Å². The smallest absolute Gasteiger partial charge is 0.282 e. The predicted molar refractivity (Wildman–Crippen MR) is 129 cm³/mol. The second-order valence-electron chi connectivity index (χ2n) is 8.54. The van der Waals surface area contributed by atoms with Crippen LogP contribution in [0.25, 0.3) is 28.3 Å². The van der Waals surface area contributed by atoms with Crippen molar-refractivity contribution in [1.29, 1.82) is 0 Å². The number of hydrogen-bond donors (Lipinski definition) is 1. The van der Waals surface area contributed by atoms with Crippen molar-refractivity contribution in [1.82, 2.24) is 29.1 Å². The van der Waals surface area contributed by atoms with E-state index in [-0.39, 0.29) is 5.56 Å². The summed E-state index contributed by atoms with van der Waals surface area (Å²) in [5.74, 6) is 1.50. The van der Waals surface area contributed by atoms with Gasteiger partial charge in [-0.05, 0) is 44.0 Å². The highest BCUT2D eigenvalue weighted by molar-refractivity contribution is 5.95. The number of anilines is 1. The zero-order valence-corrected chi connectivity index (χ0v) is 18.3. The largest absolute Gasteiger partial charge is 0.345 e. The van der Waals surface area contributed by atoms with Gasteiger partial charge in [-0.3, -0.25) is 9.36 Å². The van der Waals surface area contributed by atoms with Crippen LogP contribution in [0.4, 0.5) is 5.82 Å².